The Kier molecular flexibility index (Phi) is 8.41. The summed E-state index contributed by atoms with van der Waals surface area (Å²) < 4.78 is 9.89. The van der Waals surface area contributed by atoms with E-state index in [2.05, 4.69) is 12.6 Å². The first-order chi connectivity index (χ1) is 7.13. The number of hydrogen-bond acceptors (Lipinski definition) is 4. The van der Waals surface area contributed by atoms with E-state index in [9.17, 15) is 9.59 Å². The number of esters is 1. The molecule has 0 saturated heterocycles. The highest BCUT2D eigenvalue weighted by molar-refractivity contribution is 7.96. The van der Waals surface area contributed by atoms with Gasteiger partial charge in [-0.25, -0.2) is 0 Å². The van der Waals surface area contributed by atoms with Gasteiger partial charge in [-0.2, -0.15) is 0 Å². The summed E-state index contributed by atoms with van der Waals surface area (Å²) >= 11 is 3.67. The lowest BCUT2D eigenvalue weighted by atomic mass is 10.1. The monoisotopic (exact) mass is 234 g/mol. The van der Waals surface area contributed by atoms with Crippen LogP contribution in [0.4, 0.5) is 0 Å². The molecule has 0 aliphatic carbocycles. The molecule has 0 aromatic heterocycles. The zero-order chi connectivity index (χ0) is 11.7. The minimum absolute atomic E-state index is 0.280. The van der Waals surface area contributed by atoms with Gasteiger partial charge in [0.1, 0.15) is 5.92 Å². The van der Waals surface area contributed by atoms with Gasteiger partial charge in [-0.15, -0.1) is 12.6 Å². The van der Waals surface area contributed by atoms with Crippen molar-refractivity contribution in [2.75, 3.05) is 19.8 Å². The molecular formula is C10H18O4S. The van der Waals surface area contributed by atoms with Crippen molar-refractivity contribution in [2.24, 2.45) is 5.92 Å². The van der Waals surface area contributed by atoms with Crippen molar-refractivity contribution >= 4 is 23.7 Å². The Labute approximate surface area is 95.7 Å². The molecule has 0 N–H and O–H groups in total. The van der Waals surface area contributed by atoms with Crippen LogP contribution < -0.4 is 0 Å². The molecule has 4 nitrogen and oxygen atoms in total. The second-order valence-electron chi connectivity index (χ2n) is 2.98. The van der Waals surface area contributed by atoms with Crippen molar-refractivity contribution in [3.05, 3.63) is 0 Å². The molecule has 0 saturated carbocycles. The second kappa shape index (κ2) is 8.73. The molecule has 88 valence electrons. The highest BCUT2D eigenvalue weighted by Crippen LogP contribution is 2.12. The van der Waals surface area contributed by atoms with Crippen LogP contribution in [0.3, 0.4) is 0 Å². The summed E-state index contributed by atoms with van der Waals surface area (Å²) in [5.74, 6) is -1.25. The van der Waals surface area contributed by atoms with E-state index in [1.165, 1.54) is 0 Å². The molecule has 15 heavy (non-hydrogen) atoms. The standard InChI is InChI=1S/C10H18O4S/c1-3-13-7-5-6-8(10(12)15)9(11)14-4-2/h8H,3-7H2,1-2H3,(H,12,15). The molecule has 0 rings (SSSR count). The van der Waals surface area contributed by atoms with Crippen LogP contribution in [0.2, 0.25) is 0 Å². The Morgan fingerprint density at radius 3 is 2.40 bits per heavy atom. The van der Waals surface area contributed by atoms with Gasteiger partial charge in [0, 0.05) is 13.2 Å². The molecule has 1 atom stereocenters. The quantitative estimate of drug-likeness (QED) is 0.299. The molecule has 0 aliphatic heterocycles. The normalized spacial score (nSPS) is 12.2. The largest absolute Gasteiger partial charge is 0.465 e. The first-order valence-electron chi connectivity index (χ1n) is 5.10. The predicted octanol–water partition coefficient (Wildman–Crippen LogP) is 1.44. The van der Waals surface area contributed by atoms with Gasteiger partial charge in [-0.3, -0.25) is 9.59 Å². The molecule has 0 aromatic rings. The molecule has 0 heterocycles. The number of carbonyl (C=O) groups is 2. The van der Waals surface area contributed by atoms with E-state index >= 15 is 0 Å². The summed E-state index contributed by atoms with van der Waals surface area (Å²) in [6.45, 7) is 5.07. The van der Waals surface area contributed by atoms with E-state index in [0.717, 1.165) is 0 Å². The highest BCUT2D eigenvalue weighted by atomic mass is 32.1. The van der Waals surface area contributed by atoms with Crippen molar-refractivity contribution in [3.8, 4) is 0 Å². The molecule has 1 unspecified atom stereocenters. The summed E-state index contributed by atoms with van der Waals surface area (Å²) in [6, 6.07) is 0. The Morgan fingerprint density at radius 1 is 1.27 bits per heavy atom. The third-order valence-electron chi connectivity index (χ3n) is 1.85. The smallest absolute Gasteiger partial charge is 0.317 e. The van der Waals surface area contributed by atoms with Gasteiger partial charge in [0.2, 0.25) is 0 Å². The van der Waals surface area contributed by atoms with E-state index in [1.807, 2.05) is 6.92 Å². The number of hydrogen-bond donors (Lipinski definition) is 1. The molecule has 0 spiro atoms. The highest BCUT2D eigenvalue weighted by Gasteiger charge is 2.24. The number of carbonyl (C=O) groups excluding carboxylic acids is 2. The minimum Gasteiger partial charge on any atom is -0.465 e. The average Bonchev–Trinajstić information content (AvgIpc) is 2.17. The summed E-state index contributed by atoms with van der Waals surface area (Å²) in [5, 5.41) is -0.440. The Balaban J connectivity index is 3.94. The molecule has 0 aromatic carbocycles. The van der Waals surface area contributed by atoms with Gasteiger partial charge < -0.3 is 9.47 Å². The summed E-state index contributed by atoms with van der Waals surface area (Å²) in [7, 11) is 0. The van der Waals surface area contributed by atoms with E-state index in [4.69, 9.17) is 9.47 Å². The maximum atomic E-state index is 11.3. The Bertz CT molecular complexity index is 206. The molecule has 0 amide bonds. The van der Waals surface area contributed by atoms with Crippen molar-refractivity contribution in [1.29, 1.82) is 0 Å². The van der Waals surface area contributed by atoms with Gasteiger partial charge in [-0.1, -0.05) is 0 Å². The van der Waals surface area contributed by atoms with Crippen molar-refractivity contribution in [2.45, 2.75) is 26.7 Å². The predicted molar refractivity (Wildman–Crippen MR) is 59.8 cm³/mol. The Morgan fingerprint density at radius 2 is 1.93 bits per heavy atom. The zero-order valence-electron chi connectivity index (χ0n) is 9.19. The summed E-state index contributed by atoms with van der Waals surface area (Å²) in [4.78, 5) is 22.4. The zero-order valence-corrected chi connectivity index (χ0v) is 10.1. The van der Waals surface area contributed by atoms with E-state index < -0.39 is 17.0 Å². The lowest BCUT2D eigenvalue weighted by Gasteiger charge is -2.11. The van der Waals surface area contributed by atoms with Gasteiger partial charge in [0.15, 0.2) is 5.12 Å². The second-order valence-corrected chi connectivity index (χ2v) is 3.42. The maximum absolute atomic E-state index is 11.3. The van der Waals surface area contributed by atoms with Gasteiger partial charge in [0.25, 0.3) is 0 Å². The number of ether oxygens (including phenoxy) is 2. The van der Waals surface area contributed by atoms with Crippen molar-refractivity contribution in [3.63, 3.8) is 0 Å². The minimum atomic E-state index is -0.756. The summed E-state index contributed by atoms with van der Waals surface area (Å²) in [6.07, 6.45) is 1.09. The first-order valence-corrected chi connectivity index (χ1v) is 5.55. The van der Waals surface area contributed by atoms with Crippen LogP contribution in [0.25, 0.3) is 0 Å². The third kappa shape index (κ3) is 6.52. The van der Waals surface area contributed by atoms with Crippen LogP contribution in [0.5, 0.6) is 0 Å². The topological polar surface area (TPSA) is 52.6 Å². The van der Waals surface area contributed by atoms with Crippen LogP contribution in [0, 0.1) is 5.92 Å². The molecule has 0 aliphatic rings. The van der Waals surface area contributed by atoms with Gasteiger partial charge in [0.05, 0.1) is 6.61 Å². The molecule has 0 bridgehead atoms. The SMILES string of the molecule is CCOCCCC(C(=O)S)C(=O)OCC. The van der Waals surface area contributed by atoms with Crippen LogP contribution >= 0.6 is 12.6 Å². The summed E-state index contributed by atoms with van der Waals surface area (Å²) in [5.41, 5.74) is 0. The number of thiol groups is 1. The van der Waals surface area contributed by atoms with E-state index in [-0.39, 0.29) is 6.61 Å². The molecule has 0 radical (unpaired) electrons. The van der Waals surface area contributed by atoms with E-state index in [0.29, 0.717) is 26.1 Å². The fraction of sp³-hybridized carbons (Fsp3) is 0.800. The van der Waals surface area contributed by atoms with Gasteiger partial charge >= 0.3 is 5.97 Å². The Hall–Kier alpha value is -0.550. The third-order valence-corrected chi connectivity index (χ3v) is 2.17. The van der Waals surface area contributed by atoms with E-state index in [1.54, 1.807) is 6.92 Å². The first kappa shape index (κ1) is 14.5. The average molecular weight is 234 g/mol. The van der Waals surface area contributed by atoms with Crippen LogP contribution in [0.15, 0.2) is 0 Å². The molecular weight excluding hydrogens is 216 g/mol. The lowest BCUT2D eigenvalue weighted by molar-refractivity contribution is -0.150. The van der Waals surface area contributed by atoms with Crippen molar-refractivity contribution in [1.82, 2.24) is 0 Å². The van der Waals surface area contributed by atoms with Crippen LogP contribution in [-0.4, -0.2) is 30.9 Å². The lowest BCUT2D eigenvalue weighted by Crippen LogP contribution is -2.23. The van der Waals surface area contributed by atoms with Crippen LogP contribution in [0.1, 0.15) is 26.7 Å². The number of rotatable bonds is 8. The van der Waals surface area contributed by atoms with Gasteiger partial charge in [-0.05, 0) is 26.7 Å². The molecule has 0 fully saturated rings. The molecule has 5 heteroatoms. The maximum Gasteiger partial charge on any atom is 0.317 e. The van der Waals surface area contributed by atoms with Crippen LogP contribution in [-0.2, 0) is 19.1 Å². The fourth-order valence-electron chi connectivity index (χ4n) is 1.12. The fourth-order valence-corrected chi connectivity index (χ4v) is 1.35. The van der Waals surface area contributed by atoms with Crippen molar-refractivity contribution < 1.29 is 19.1 Å².